The summed E-state index contributed by atoms with van der Waals surface area (Å²) in [4.78, 5) is 32.9. The topological polar surface area (TPSA) is 52.0 Å². The van der Waals surface area contributed by atoms with Gasteiger partial charge >= 0.3 is 0 Å². The monoisotopic (exact) mass is 456 g/mol. The average Bonchev–Trinajstić information content (AvgIpc) is 3.19. The summed E-state index contributed by atoms with van der Waals surface area (Å²) in [6.45, 7) is 6.87. The van der Waals surface area contributed by atoms with Crippen molar-refractivity contribution < 1.29 is 4.79 Å². The maximum absolute atomic E-state index is 13.3. The largest absolute Gasteiger partial charge is 0.292 e. The second kappa shape index (κ2) is 8.38. The highest BCUT2D eigenvalue weighted by Crippen LogP contribution is 2.41. The molecule has 1 atom stereocenters. The second-order valence-corrected chi connectivity index (χ2v) is 11.1. The van der Waals surface area contributed by atoms with E-state index in [0.717, 1.165) is 46.2 Å². The molecule has 2 aromatic carbocycles. The molecule has 0 aliphatic heterocycles. The van der Waals surface area contributed by atoms with Gasteiger partial charge in [-0.3, -0.25) is 14.2 Å². The Morgan fingerprint density at radius 1 is 1.06 bits per heavy atom. The average molecular weight is 457 g/mol. The number of carbonyl (C=O) groups is 1. The molecule has 2 heterocycles. The number of benzene rings is 2. The Labute approximate surface area is 197 Å². The van der Waals surface area contributed by atoms with Crippen molar-refractivity contribution in [3.05, 3.63) is 87.3 Å². The summed E-state index contributed by atoms with van der Waals surface area (Å²) in [7, 11) is 0. The molecule has 2 aromatic heterocycles. The summed E-state index contributed by atoms with van der Waals surface area (Å²) in [6.07, 6.45) is 4.53. The molecule has 5 heteroatoms. The van der Waals surface area contributed by atoms with Gasteiger partial charge in [-0.2, -0.15) is 0 Å². The van der Waals surface area contributed by atoms with Gasteiger partial charge in [0.1, 0.15) is 4.83 Å². The molecular weight excluding hydrogens is 428 g/mol. The van der Waals surface area contributed by atoms with Crippen LogP contribution in [0.2, 0.25) is 0 Å². The third-order valence-electron chi connectivity index (χ3n) is 6.89. The van der Waals surface area contributed by atoms with Gasteiger partial charge in [0.2, 0.25) is 0 Å². The summed E-state index contributed by atoms with van der Waals surface area (Å²) in [5.41, 5.74) is 4.08. The molecule has 0 saturated heterocycles. The molecule has 168 valence electrons. The SMILES string of the molecule is CC(C)(C)C1CCc2c(sc3ncn(CC(=O)c4ccc(-c5ccccc5)cc4)c(=O)c23)C1. The molecule has 4 aromatic rings. The Morgan fingerprint density at radius 2 is 1.76 bits per heavy atom. The Morgan fingerprint density at radius 3 is 2.45 bits per heavy atom. The number of hydrogen-bond donors (Lipinski definition) is 0. The molecule has 1 unspecified atom stereocenters. The lowest BCUT2D eigenvalue weighted by molar-refractivity contribution is 0.0970. The van der Waals surface area contributed by atoms with Crippen LogP contribution in [-0.4, -0.2) is 15.3 Å². The van der Waals surface area contributed by atoms with E-state index in [1.165, 1.54) is 15.8 Å². The smallest absolute Gasteiger partial charge is 0.262 e. The number of nitrogens with zero attached hydrogens (tertiary/aromatic N) is 2. The van der Waals surface area contributed by atoms with Crippen LogP contribution in [0, 0.1) is 11.3 Å². The summed E-state index contributed by atoms with van der Waals surface area (Å²) in [5, 5.41) is 0.720. The van der Waals surface area contributed by atoms with Crippen LogP contribution in [0.5, 0.6) is 0 Å². The summed E-state index contributed by atoms with van der Waals surface area (Å²) < 4.78 is 1.47. The van der Waals surface area contributed by atoms with Crippen LogP contribution in [0.15, 0.2) is 65.7 Å². The zero-order valence-electron chi connectivity index (χ0n) is 19.3. The van der Waals surface area contributed by atoms with Crippen molar-refractivity contribution in [3.63, 3.8) is 0 Å². The van der Waals surface area contributed by atoms with E-state index >= 15 is 0 Å². The zero-order chi connectivity index (χ0) is 23.2. The van der Waals surface area contributed by atoms with E-state index < -0.39 is 0 Å². The third-order valence-corrected chi connectivity index (χ3v) is 8.05. The van der Waals surface area contributed by atoms with Gasteiger partial charge in [0.05, 0.1) is 18.3 Å². The van der Waals surface area contributed by atoms with Gasteiger partial charge in [-0.25, -0.2) is 4.98 Å². The maximum Gasteiger partial charge on any atom is 0.262 e. The number of fused-ring (bicyclic) bond motifs is 3. The van der Waals surface area contributed by atoms with Crippen molar-refractivity contribution >= 4 is 27.3 Å². The van der Waals surface area contributed by atoms with E-state index in [1.807, 2.05) is 54.6 Å². The minimum Gasteiger partial charge on any atom is -0.292 e. The molecule has 1 aliphatic rings. The first kappa shape index (κ1) is 21.8. The first-order valence-electron chi connectivity index (χ1n) is 11.5. The highest BCUT2D eigenvalue weighted by atomic mass is 32.1. The van der Waals surface area contributed by atoms with Gasteiger partial charge in [-0.05, 0) is 47.3 Å². The van der Waals surface area contributed by atoms with Crippen LogP contribution in [0.3, 0.4) is 0 Å². The first-order valence-corrected chi connectivity index (χ1v) is 12.3. The highest BCUT2D eigenvalue weighted by molar-refractivity contribution is 7.18. The molecule has 33 heavy (non-hydrogen) atoms. The molecule has 5 rings (SSSR count). The Kier molecular flexibility index (Phi) is 5.53. The van der Waals surface area contributed by atoms with Crippen LogP contribution >= 0.6 is 11.3 Å². The molecule has 0 bridgehead atoms. The van der Waals surface area contributed by atoms with E-state index in [-0.39, 0.29) is 23.3 Å². The number of Topliss-reactive ketones (excluding diaryl/α,β-unsaturated/α-hetero) is 1. The zero-order valence-corrected chi connectivity index (χ0v) is 20.1. The van der Waals surface area contributed by atoms with E-state index in [0.29, 0.717) is 11.5 Å². The van der Waals surface area contributed by atoms with Gasteiger partial charge in [0, 0.05) is 10.4 Å². The molecule has 0 radical (unpaired) electrons. The number of carbonyl (C=O) groups excluding carboxylic acids is 1. The van der Waals surface area contributed by atoms with Crippen LogP contribution < -0.4 is 5.56 Å². The summed E-state index contributed by atoms with van der Waals surface area (Å²) in [6, 6.07) is 17.6. The predicted octanol–water partition coefficient (Wildman–Crippen LogP) is 6.16. The second-order valence-electron chi connectivity index (χ2n) is 10.0. The minimum absolute atomic E-state index is 0.00168. The predicted molar refractivity (Wildman–Crippen MR) is 135 cm³/mol. The van der Waals surface area contributed by atoms with Crippen molar-refractivity contribution in [2.24, 2.45) is 11.3 Å². The summed E-state index contributed by atoms with van der Waals surface area (Å²) in [5.74, 6) is 0.524. The Hall–Kier alpha value is -3.05. The van der Waals surface area contributed by atoms with Gasteiger partial charge in [-0.15, -0.1) is 11.3 Å². The van der Waals surface area contributed by atoms with E-state index in [1.54, 1.807) is 11.3 Å². The van der Waals surface area contributed by atoms with Crippen molar-refractivity contribution in [1.29, 1.82) is 0 Å². The number of aromatic nitrogens is 2. The van der Waals surface area contributed by atoms with Crippen LogP contribution in [0.25, 0.3) is 21.3 Å². The van der Waals surface area contributed by atoms with Crippen LogP contribution in [0.1, 0.15) is 48.0 Å². The van der Waals surface area contributed by atoms with Crippen LogP contribution in [0.4, 0.5) is 0 Å². The molecule has 0 amide bonds. The van der Waals surface area contributed by atoms with Gasteiger partial charge in [0.15, 0.2) is 5.78 Å². The van der Waals surface area contributed by atoms with Crippen LogP contribution in [-0.2, 0) is 19.4 Å². The van der Waals surface area contributed by atoms with Crippen molar-refractivity contribution in [2.45, 2.75) is 46.6 Å². The number of aryl methyl sites for hydroxylation is 1. The lowest BCUT2D eigenvalue weighted by Crippen LogP contribution is -2.27. The van der Waals surface area contributed by atoms with E-state index in [9.17, 15) is 9.59 Å². The standard InChI is InChI=1S/C28H28N2O2S/c1-28(2,3)21-13-14-22-24(15-21)33-26-25(22)27(32)30(17-29-26)16-23(31)20-11-9-19(10-12-20)18-7-5-4-6-8-18/h4-12,17,21H,13-16H2,1-3H3. The lowest BCUT2D eigenvalue weighted by atomic mass is 9.72. The lowest BCUT2D eigenvalue weighted by Gasteiger charge is -2.33. The third kappa shape index (κ3) is 4.18. The molecule has 0 spiro atoms. The molecule has 0 saturated carbocycles. The van der Waals surface area contributed by atoms with Gasteiger partial charge in [-0.1, -0.05) is 75.4 Å². The quantitative estimate of drug-likeness (QED) is 0.346. The summed E-state index contributed by atoms with van der Waals surface area (Å²) >= 11 is 1.65. The molecule has 0 fully saturated rings. The van der Waals surface area contributed by atoms with E-state index in [4.69, 9.17) is 0 Å². The minimum atomic E-state index is -0.0963. The number of rotatable bonds is 4. The van der Waals surface area contributed by atoms with Crippen molar-refractivity contribution in [3.8, 4) is 11.1 Å². The van der Waals surface area contributed by atoms with E-state index in [2.05, 4.69) is 25.8 Å². The first-order chi connectivity index (χ1) is 15.8. The van der Waals surface area contributed by atoms with Gasteiger partial charge < -0.3 is 0 Å². The van der Waals surface area contributed by atoms with Gasteiger partial charge in [0.25, 0.3) is 5.56 Å². The number of hydrogen-bond acceptors (Lipinski definition) is 4. The normalized spacial score (nSPS) is 16.0. The fraction of sp³-hybridized carbons (Fsp3) is 0.321. The fourth-order valence-corrected chi connectivity index (χ4v) is 6.04. The molecule has 0 N–H and O–H groups in total. The number of thiophene rings is 1. The molecular formula is C28H28N2O2S. The Balaban J connectivity index is 1.40. The maximum atomic E-state index is 13.3. The van der Waals surface area contributed by atoms with Crippen molar-refractivity contribution in [2.75, 3.05) is 0 Å². The number of ketones is 1. The fourth-order valence-electron chi connectivity index (χ4n) is 4.78. The van der Waals surface area contributed by atoms with Crippen molar-refractivity contribution in [1.82, 2.24) is 9.55 Å². The highest BCUT2D eigenvalue weighted by Gasteiger charge is 2.31. The Bertz CT molecular complexity index is 1380. The molecule has 4 nitrogen and oxygen atoms in total. The molecule has 1 aliphatic carbocycles.